The van der Waals surface area contributed by atoms with Gasteiger partial charge >= 0.3 is 11.8 Å². The van der Waals surface area contributed by atoms with E-state index in [1.807, 2.05) is 30.3 Å². The van der Waals surface area contributed by atoms with Crippen LogP contribution >= 0.6 is 23.2 Å². The van der Waals surface area contributed by atoms with Gasteiger partial charge in [-0.1, -0.05) is 71.7 Å². The maximum atomic E-state index is 11.9. The van der Waals surface area contributed by atoms with Crippen LogP contribution < -0.4 is 15.5 Å². The summed E-state index contributed by atoms with van der Waals surface area (Å²) < 4.78 is 5.75. The first-order valence-corrected chi connectivity index (χ1v) is 10.1. The predicted molar refractivity (Wildman–Crippen MR) is 121 cm³/mol. The van der Waals surface area contributed by atoms with Gasteiger partial charge in [0, 0.05) is 22.2 Å². The van der Waals surface area contributed by atoms with Gasteiger partial charge in [0.1, 0.15) is 12.4 Å². The first kappa shape index (κ1) is 22.3. The van der Waals surface area contributed by atoms with E-state index < -0.39 is 11.8 Å². The lowest BCUT2D eigenvalue weighted by Gasteiger charge is -2.08. The summed E-state index contributed by atoms with van der Waals surface area (Å²) in [5.74, 6) is -1.02. The Bertz CT molecular complexity index is 1090. The number of benzene rings is 3. The van der Waals surface area contributed by atoms with Gasteiger partial charge < -0.3 is 10.1 Å². The van der Waals surface area contributed by atoms with Crippen LogP contribution in [0.15, 0.2) is 77.9 Å². The summed E-state index contributed by atoms with van der Waals surface area (Å²) in [4.78, 5) is 23.7. The zero-order valence-electron chi connectivity index (χ0n) is 16.3. The molecule has 0 bridgehead atoms. The molecular formula is C23H19Cl2N3O3. The maximum absolute atomic E-state index is 11.9. The lowest BCUT2D eigenvalue weighted by Crippen LogP contribution is -2.37. The zero-order valence-corrected chi connectivity index (χ0v) is 17.9. The summed E-state index contributed by atoms with van der Waals surface area (Å²) in [6.45, 7) is 0.531. The highest BCUT2D eigenvalue weighted by Gasteiger charge is 2.11. The van der Waals surface area contributed by atoms with E-state index in [1.54, 1.807) is 42.5 Å². The number of carbonyl (C=O) groups excluding carboxylic acids is 2. The molecule has 0 spiro atoms. The number of nitrogens with zero attached hydrogens (tertiary/aromatic N) is 1. The predicted octanol–water partition coefficient (Wildman–Crippen LogP) is 4.34. The number of nitrogens with one attached hydrogen (secondary N) is 2. The highest BCUT2D eigenvalue weighted by atomic mass is 35.5. The standard InChI is InChI=1S/C23H19Cl2N3O3/c24-19-10-9-18(21(25)12-19)15-31-20-8-4-7-17(11-20)14-27-28-23(30)22(29)26-13-16-5-2-1-3-6-16/h1-12,14H,13,15H2,(H,26,29)(H,28,30)/b27-14+. The van der Waals surface area contributed by atoms with Crippen molar-refractivity contribution in [3.63, 3.8) is 0 Å². The number of hydrazone groups is 1. The van der Waals surface area contributed by atoms with Crippen LogP contribution in [-0.2, 0) is 22.7 Å². The summed E-state index contributed by atoms with van der Waals surface area (Å²) in [6.07, 6.45) is 1.42. The van der Waals surface area contributed by atoms with Crippen LogP contribution in [0.5, 0.6) is 5.75 Å². The van der Waals surface area contributed by atoms with Gasteiger partial charge in [-0.15, -0.1) is 0 Å². The Morgan fingerprint density at radius 1 is 0.935 bits per heavy atom. The van der Waals surface area contributed by atoms with Crippen LogP contribution in [0.4, 0.5) is 0 Å². The minimum Gasteiger partial charge on any atom is -0.489 e. The van der Waals surface area contributed by atoms with E-state index in [-0.39, 0.29) is 13.2 Å². The average Bonchev–Trinajstić information content (AvgIpc) is 2.78. The van der Waals surface area contributed by atoms with E-state index in [0.29, 0.717) is 21.4 Å². The molecule has 0 fully saturated rings. The lowest BCUT2D eigenvalue weighted by molar-refractivity contribution is -0.139. The highest BCUT2D eigenvalue weighted by molar-refractivity contribution is 6.35. The van der Waals surface area contributed by atoms with Crippen molar-refractivity contribution in [1.82, 2.24) is 10.7 Å². The Morgan fingerprint density at radius 2 is 1.74 bits per heavy atom. The molecule has 2 N–H and O–H groups in total. The number of halogens is 2. The third-order valence-electron chi connectivity index (χ3n) is 4.15. The van der Waals surface area contributed by atoms with Crippen LogP contribution in [0.2, 0.25) is 10.0 Å². The summed E-state index contributed by atoms with van der Waals surface area (Å²) >= 11 is 12.0. The number of hydrogen-bond donors (Lipinski definition) is 2. The molecule has 31 heavy (non-hydrogen) atoms. The molecule has 8 heteroatoms. The molecule has 158 valence electrons. The van der Waals surface area contributed by atoms with Gasteiger partial charge in [0.2, 0.25) is 0 Å². The molecule has 3 rings (SSSR count). The molecule has 0 heterocycles. The molecule has 0 radical (unpaired) electrons. The molecule has 0 aromatic heterocycles. The van der Waals surface area contributed by atoms with E-state index in [0.717, 1.165) is 11.1 Å². The fourth-order valence-electron chi connectivity index (χ4n) is 2.56. The Kier molecular flexibility index (Phi) is 8.04. The second-order valence-electron chi connectivity index (χ2n) is 6.46. The molecule has 0 saturated heterocycles. The normalized spacial score (nSPS) is 10.6. The quantitative estimate of drug-likeness (QED) is 0.316. The highest BCUT2D eigenvalue weighted by Crippen LogP contribution is 2.23. The number of hydrogen-bond acceptors (Lipinski definition) is 4. The van der Waals surface area contributed by atoms with Gasteiger partial charge in [-0.05, 0) is 35.4 Å². The van der Waals surface area contributed by atoms with Crippen molar-refractivity contribution in [3.05, 3.63) is 99.5 Å². The Labute approximate surface area is 189 Å². The SMILES string of the molecule is O=C(NCc1ccccc1)C(=O)N/N=C/c1cccc(OCc2ccc(Cl)cc2Cl)c1. The van der Waals surface area contributed by atoms with E-state index in [2.05, 4.69) is 15.8 Å². The van der Waals surface area contributed by atoms with Gasteiger partial charge in [0.05, 0.1) is 6.21 Å². The van der Waals surface area contributed by atoms with Gasteiger partial charge in [-0.25, -0.2) is 5.43 Å². The van der Waals surface area contributed by atoms with E-state index in [4.69, 9.17) is 27.9 Å². The molecule has 2 amide bonds. The van der Waals surface area contributed by atoms with Crippen molar-refractivity contribution in [3.8, 4) is 5.75 Å². The van der Waals surface area contributed by atoms with Crippen molar-refractivity contribution in [2.45, 2.75) is 13.2 Å². The first-order chi connectivity index (χ1) is 15.0. The van der Waals surface area contributed by atoms with Crippen molar-refractivity contribution < 1.29 is 14.3 Å². The topological polar surface area (TPSA) is 79.8 Å². The molecular weight excluding hydrogens is 437 g/mol. The minimum atomic E-state index is -0.850. The molecule has 0 saturated carbocycles. The zero-order chi connectivity index (χ0) is 22.1. The number of amides is 2. The van der Waals surface area contributed by atoms with E-state index in [1.165, 1.54) is 6.21 Å². The van der Waals surface area contributed by atoms with Crippen LogP contribution in [0.25, 0.3) is 0 Å². The molecule has 0 aliphatic rings. The molecule has 6 nitrogen and oxygen atoms in total. The smallest absolute Gasteiger partial charge is 0.329 e. The monoisotopic (exact) mass is 455 g/mol. The molecule has 3 aromatic rings. The van der Waals surface area contributed by atoms with Crippen LogP contribution in [-0.4, -0.2) is 18.0 Å². The molecule has 0 aliphatic carbocycles. The fraction of sp³-hybridized carbons (Fsp3) is 0.0870. The van der Waals surface area contributed by atoms with Crippen LogP contribution in [0.1, 0.15) is 16.7 Å². The van der Waals surface area contributed by atoms with Gasteiger partial charge in [-0.2, -0.15) is 5.10 Å². The van der Waals surface area contributed by atoms with Crippen LogP contribution in [0, 0.1) is 0 Å². The van der Waals surface area contributed by atoms with E-state index in [9.17, 15) is 9.59 Å². The van der Waals surface area contributed by atoms with Crippen molar-refractivity contribution in [2.75, 3.05) is 0 Å². The first-order valence-electron chi connectivity index (χ1n) is 9.33. The molecule has 0 aliphatic heterocycles. The average molecular weight is 456 g/mol. The summed E-state index contributed by atoms with van der Waals surface area (Å²) in [5.41, 5.74) is 4.59. The summed E-state index contributed by atoms with van der Waals surface area (Å²) in [6, 6.07) is 21.6. The second-order valence-corrected chi connectivity index (χ2v) is 7.31. The maximum Gasteiger partial charge on any atom is 0.329 e. The largest absolute Gasteiger partial charge is 0.489 e. The molecule has 0 unspecified atom stereocenters. The Morgan fingerprint density at radius 3 is 2.52 bits per heavy atom. The summed E-state index contributed by atoms with van der Waals surface area (Å²) in [5, 5.41) is 7.44. The number of carbonyl (C=O) groups is 2. The molecule has 3 aromatic carbocycles. The fourth-order valence-corrected chi connectivity index (χ4v) is 3.02. The van der Waals surface area contributed by atoms with Crippen LogP contribution in [0.3, 0.4) is 0 Å². The Balaban J connectivity index is 1.49. The lowest BCUT2D eigenvalue weighted by atomic mass is 10.2. The van der Waals surface area contributed by atoms with Gasteiger partial charge in [0.25, 0.3) is 0 Å². The van der Waals surface area contributed by atoms with Crippen molar-refractivity contribution in [1.29, 1.82) is 0 Å². The van der Waals surface area contributed by atoms with E-state index >= 15 is 0 Å². The number of rotatable bonds is 7. The van der Waals surface area contributed by atoms with Gasteiger partial charge in [0.15, 0.2) is 0 Å². The summed E-state index contributed by atoms with van der Waals surface area (Å²) in [7, 11) is 0. The minimum absolute atomic E-state index is 0.258. The van der Waals surface area contributed by atoms with Crippen molar-refractivity contribution >= 4 is 41.2 Å². The number of ether oxygens (including phenoxy) is 1. The Hall–Kier alpha value is -3.35. The second kappa shape index (κ2) is 11.2. The van der Waals surface area contributed by atoms with Crippen molar-refractivity contribution in [2.24, 2.45) is 5.10 Å². The van der Waals surface area contributed by atoms with Gasteiger partial charge in [-0.3, -0.25) is 9.59 Å². The molecule has 0 atom stereocenters. The third kappa shape index (κ3) is 7.13. The third-order valence-corrected chi connectivity index (χ3v) is 4.74.